The molecule has 0 saturated heterocycles. The van der Waals surface area contributed by atoms with Crippen molar-refractivity contribution in [3.05, 3.63) is 119 Å². The SMILES string of the molecule is CC(C)(c1cc2c(c(OC(N)=O)c1OC(N)=O)Cc1ccccc1-2)C(c1ccccc1)c1ccccc1. The zero-order valence-corrected chi connectivity index (χ0v) is 20.7. The number of amides is 2. The fourth-order valence-corrected chi connectivity index (χ4v) is 5.58. The highest BCUT2D eigenvalue weighted by atomic mass is 16.6. The molecule has 0 spiro atoms. The minimum absolute atomic E-state index is 0.111. The smallest absolute Gasteiger partial charge is 0.406 e. The summed E-state index contributed by atoms with van der Waals surface area (Å²) in [5.74, 6) is 0.101. The van der Waals surface area contributed by atoms with Gasteiger partial charge < -0.3 is 20.9 Å². The van der Waals surface area contributed by atoms with Gasteiger partial charge in [-0.15, -0.1) is 0 Å². The van der Waals surface area contributed by atoms with E-state index in [0.717, 1.165) is 33.4 Å². The van der Waals surface area contributed by atoms with Gasteiger partial charge in [0.2, 0.25) is 0 Å². The topological polar surface area (TPSA) is 105 Å². The van der Waals surface area contributed by atoms with E-state index in [1.54, 1.807) is 0 Å². The summed E-state index contributed by atoms with van der Waals surface area (Å²) in [7, 11) is 0. The first-order chi connectivity index (χ1) is 17.8. The summed E-state index contributed by atoms with van der Waals surface area (Å²) in [4.78, 5) is 24.2. The number of hydrogen-bond acceptors (Lipinski definition) is 4. The molecule has 1 aliphatic rings. The van der Waals surface area contributed by atoms with Crippen molar-refractivity contribution in [2.45, 2.75) is 31.6 Å². The second-order valence-corrected chi connectivity index (χ2v) is 9.76. The van der Waals surface area contributed by atoms with Gasteiger partial charge in [-0.2, -0.15) is 0 Å². The van der Waals surface area contributed by atoms with Gasteiger partial charge in [-0.05, 0) is 33.9 Å². The number of carbonyl (C=O) groups excluding carboxylic acids is 2. The molecule has 5 rings (SSSR count). The van der Waals surface area contributed by atoms with Crippen LogP contribution in [0.15, 0.2) is 91.0 Å². The molecule has 0 aromatic heterocycles. The van der Waals surface area contributed by atoms with E-state index in [4.69, 9.17) is 20.9 Å². The number of fused-ring (bicyclic) bond motifs is 3. The molecule has 0 saturated carbocycles. The number of hydrogen-bond donors (Lipinski definition) is 2. The van der Waals surface area contributed by atoms with Crippen molar-refractivity contribution in [1.82, 2.24) is 0 Å². The first-order valence-electron chi connectivity index (χ1n) is 12.1. The molecule has 0 aliphatic heterocycles. The highest BCUT2D eigenvalue weighted by molar-refractivity contribution is 5.85. The molecule has 37 heavy (non-hydrogen) atoms. The average Bonchev–Trinajstić information content (AvgIpc) is 3.25. The average molecular weight is 493 g/mol. The molecule has 186 valence electrons. The quantitative estimate of drug-likeness (QED) is 0.291. The highest BCUT2D eigenvalue weighted by Crippen LogP contribution is 2.54. The molecule has 0 atom stereocenters. The van der Waals surface area contributed by atoms with E-state index >= 15 is 0 Å². The molecule has 0 bridgehead atoms. The lowest BCUT2D eigenvalue weighted by molar-refractivity contribution is 0.198. The van der Waals surface area contributed by atoms with Gasteiger partial charge in [0.25, 0.3) is 0 Å². The fourth-order valence-electron chi connectivity index (χ4n) is 5.58. The Morgan fingerprint density at radius 3 is 1.81 bits per heavy atom. The van der Waals surface area contributed by atoms with E-state index in [-0.39, 0.29) is 17.4 Å². The first kappa shape index (κ1) is 24.1. The van der Waals surface area contributed by atoms with Crippen LogP contribution in [0, 0.1) is 0 Å². The Morgan fingerprint density at radius 1 is 0.730 bits per heavy atom. The van der Waals surface area contributed by atoms with Crippen LogP contribution in [0.4, 0.5) is 9.59 Å². The maximum absolute atomic E-state index is 12.1. The van der Waals surface area contributed by atoms with E-state index in [9.17, 15) is 9.59 Å². The molecule has 0 heterocycles. The van der Waals surface area contributed by atoms with Crippen molar-refractivity contribution < 1.29 is 19.1 Å². The standard InChI is InChI=1S/C31H28N2O4/c1-31(2,26(19-11-5-3-6-12-19)20-13-7-4-8-14-20)25-18-23-22-16-10-9-15-21(22)17-24(23)27(36-29(32)34)28(25)37-30(33)35/h3-16,18,26H,17H2,1-2H3,(H2,32,34)(H2,33,35). The molecule has 4 aromatic carbocycles. The zero-order chi connectivity index (χ0) is 26.2. The highest BCUT2D eigenvalue weighted by Gasteiger charge is 2.40. The van der Waals surface area contributed by atoms with Crippen LogP contribution in [-0.2, 0) is 11.8 Å². The van der Waals surface area contributed by atoms with Crippen LogP contribution in [0.5, 0.6) is 11.5 Å². The van der Waals surface area contributed by atoms with Gasteiger partial charge in [0.1, 0.15) is 0 Å². The molecule has 4 N–H and O–H groups in total. The Kier molecular flexibility index (Phi) is 6.17. The lowest BCUT2D eigenvalue weighted by Crippen LogP contribution is -2.30. The summed E-state index contributed by atoms with van der Waals surface area (Å²) in [6.45, 7) is 4.17. The molecule has 0 unspecified atom stereocenters. The van der Waals surface area contributed by atoms with E-state index in [1.165, 1.54) is 0 Å². The summed E-state index contributed by atoms with van der Waals surface area (Å²) in [5, 5.41) is 0. The Balaban J connectivity index is 1.82. The van der Waals surface area contributed by atoms with Crippen LogP contribution in [-0.4, -0.2) is 12.2 Å². The Morgan fingerprint density at radius 2 is 1.24 bits per heavy atom. The Labute approximate surface area is 215 Å². The van der Waals surface area contributed by atoms with Crippen molar-refractivity contribution >= 4 is 12.2 Å². The summed E-state index contributed by atoms with van der Waals surface area (Å²) in [6, 6.07) is 30.3. The lowest BCUT2D eigenvalue weighted by atomic mass is 9.66. The summed E-state index contributed by atoms with van der Waals surface area (Å²) in [5.41, 5.74) is 17.0. The van der Waals surface area contributed by atoms with Gasteiger partial charge in [-0.1, -0.05) is 98.8 Å². The van der Waals surface area contributed by atoms with E-state index < -0.39 is 17.6 Å². The van der Waals surface area contributed by atoms with Crippen molar-refractivity contribution in [3.8, 4) is 22.6 Å². The third kappa shape index (κ3) is 4.42. The Bertz CT molecular complexity index is 1440. The summed E-state index contributed by atoms with van der Waals surface area (Å²) >= 11 is 0. The molecule has 6 nitrogen and oxygen atoms in total. The van der Waals surface area contributed by atoms with E-state index in [0.29, 0.717) is 12.0 Å². The normalized spacial score (nSPS) is 12.1. The minimum Gasteiger partial charge on any atom is -0.406 e. The minimum atomic E-state index is -1.00. The Hall–Kier alpha value is -4.58. The predicted molar refractivity (Wildman–Crippen MR) is 143 cm³/mol. The van der Waals surface area contributed by atoms with Gasteiger partial charge >= 0.3 is 12.2 Å². The van der Waals surface area contributed by atoms with Gasteiger partial charge in [-0.25, -0.2) is 9.59 Å². The summed E-state index contributed by atoms with van der Waals surface area (Å²) in [6.07, 6.45) is -1.49. The first-order valence-corrected chi connectivity index (χ1v) is 12.1. The molecule has 0 fully saturated rings. The van der Waals surface area contributed by atoms with Crippen LogP contribution < -0.4 is 20.9 Å². The molecule has 4 aromatic rings. The lowest BCUT2D eigenvalue weighted by Gasteiger charge is -2.37. The number of benzene rings is 4. The van der Waals surface area contributed by atoms with Gasteiger partial charge in [0.05, 0.1) is 0 Å². The zero-order valence-electron chi connectivity index (χ0n) is 20.7. The van der Waals surface area contributed by atoms with E-state index in [1.807, 2.05) is 66.7 Å². The van der Waals surface area contributed by atoms with Gasteiger partial charge in [0.15, 0.2) is 11.5 Å². The van der Waals surface area contributed by atoms with Crippen LogP contribution in [0.3, 0.4) is 0 Å². The predicted octanol–water partition coefficient (Wildman–Crippen LogP) is 6.28. The van der Waals surface area contributed by atoms with Crippen LogP contribution in [0.2, 0.25) is 0 Å². The molecular weight excluding hydrogens is 464 g/mol. The molecule has 2 amide bonds. The third-order valence-electron chi connectivity index (χ3n) is 7.10. The van der Waals surface area contributed by atoms with Crippen LogP contribution >= 0.6 is 0 Å². The van der Waals surface area contributed by atoms with Gasteiger partial charge in [-0.3, -0.25) is 0 Å². The summed E-state index contributed by atoms with van der Waals surface area (Å²) < 4.78 is 11.2. The largest absolute Gasteiger partial charge is 0.410 e. The fraction of sp³-hybridized carbons (Fsp3) is 0.161. The number of ether oxygens (including phenoxy) is 2. The van der Waals surface area contributed by atoms with Crippen molar-refractivity contribution in [2.75, 3.05) is 0 Å². The van der Waals surface area contributed by atoms with Crippen molar-refractivity contribution in [1.29, 1.82) is 0 Å². The second kappa shape index (κ2) is 9.47. The number of primary amides is 2. The van der Waals surface area contributed by atoms with Crippen molar-refractivity contribution in [3.63, 3.8) is 0 Å². The third-order valence-corrected chi connectivity index (χ3v) is 7.10. The molecule has 6 heteroatoms. The van der Waals surface area contributed by atoms with Crippen LogP contribution in [0.25, 0.3) is 11.1 Å². The maximum Gasteiger partial charge on any atom is 0.410 e. The second-order valence-electron chi connectivity index (χ2n) is 9.76. The number of nitrogens with two attached hydrogens (primary N) is 2. The van der Waals surface area contributed by atoms with E-state index in [2.05, 4.69) is 38.1 Å². The van der Waals surface area contributed by atoms with Gasteiger partial charge in [0, 0.05) is 28.9 Å². The molecule has 1 aliphatic carbocycles. The molecular formula is C31H28N2O4. The molecule has 0 radical (unpaired) electrons. The number of rotatable bonds is 6. The maximum atomic E-state index is 12.1. The van der Waals surface area contributed by atoms with Crippen molar-refractivity contribution in [2.24, 2.45) is 11.5 Å². The van der Waals surface area contributed by atoms with Crippen LogP contribution in [0.1, 0.15) is 47.6 Å². The number of carbonyl (C=O) groups is 2. The monoisotopic (exact) mass is 492 g/mol.